The van der Waals surface area contributed by atoms with Gasteiger partial charge in [0.1, 0.15) is 0 Å². The number of ether oxygens (including phenoxy) is 2. The monoisotopic (exact) mass is 437 g/mol. The molecule has 130 valence electrons. The van der Waals surface area contributed by atoms with E-state index in [4.69, 9.17) is 9.47 Å². The fraction of sp³-hybridized carbons (Fsp3) is 0.632. The predicted molar refractivity (Wildman–Crippen MR) is 97.5 cm³/mol. The average molecular weight is 435 g/mol. The molecule has 0 fully saturated rings. The van der Waals surface area contributed by atoms with Gasteiger partial charge in [-0.3, -0.25) is 0 Å². The molecule has 1 rings (SSSR count). The fourth-order valence-corrected chi connectivity index (χ4v) is 8.12. The van der Waals surface area contributed by atoms with Crippen LogP contribution in [0.1, 0.15) is 47.0 Å². The maximum absolute atomic E-state index is 12.1. The molecule has 0 aliphatic rings. The topological polar surface area (TPSA) is 35.5 Å². The minimum atomic E-state index is -1.41. The Kier molecular flexibility index (Phi) is 9.67. The molecule has 0 aliphatic heterocycles. The van der Waals surface area contributed by atoms with Gasteiger partial charge in [-0.15, -0.1) is 0 Å². The van der Waals surface area contributed by atoms with Crippen LogP contribution in [-0.2, 0) is 9.53 Å². The van der Waals surface area contributed by atoms with Crippen molar-refractivity contribution in [2.24, 2.45) is 0 Å². The first kappa shape index (κ1) is 20.3. The van der Waals surface area contributed by atoms with Gasteiger partial charge in [0.05, 0.1) is 0 Å². The SMILES string of the molecule is CCCC[Te+](CCCOc1ccccc1)CC(=O)OC(C)(C)C. The van der Waals surface area contributed by atoms with E-state index < -0.39 is 19.6 Å². The minimum absolute atomic E-state index is 0.00539. The summed E-state index contributed by atoms with van der Waals surface area (Å²) >= 11 is -1.41. The maximum atomic E-state index is 12.1. The third-order valence-electron chi connectivity index (χ3n) is 3.12. The number of hydrogen-bond acceptors (Lipinski definition) is 3. The number of unbranched alkanes of at least 4 members (excludes halogenated alkanes) is 1. The van der Waals surface area contributed by atoms with Crippen LogP contribution in [0.25, 0.3) is 0 Å². The molecule has 23 heavy (non-hydrogen) atoms. The molecular weight excluding hydrogens is 404 g/mol. The van der Waals surface area contributed by atoms with Crippen LogP contribution in [0, 0.1) is 0 Å². The third kappa shape index (κ3) is 10.6. The fourth-order valence-electron chi connectivity index (χ4n) is 2.10. The molecule has 0 radical (unpaired) electrons. The summed E-state index contributed by atoms with van der Waals surface area (Å²) in [6, 6.07) is 9.92. The quantitative estimate of drug-likeness (QED) is 0.292. The zero-order chi connectivity index (χ0) is 17.1. The number of carbonyl (C=O) groups excluding carboxylic acids is 1. The summed E-state index contributed by atoms with van der Waals surface area (Å²) in [5, 5.41) is 0. The molecule has 0 bridgehead atoms. The molecule has 0 spiro atoms. The van der Waals surface area contributed by atoms with Crippen LogP contribution >= 0.6 is 0 Å². The molecule has 0 heterocycles. The van der Waals surface area contributed by atoms with Crippen LogP contribution < -0.4 is 4.74 Å². The van der Waals surface area contributed by atoms with E-state index in [0.29, 0.717) is 4.47 Å². The van der Waals surface area contributed by atoms with E-state index in [2.05, 4.69) is 6.92 Å². The first-order chi connectivity index (χ1) is 10.9. The Hall–Kier alpha value is -0.720. The Morgan fingerprint density at radius 3 is 2.35 bits per heavy atom. The molecule has 0 atom stereocenters. The second kappa shape index (κ2) is 10.9. The molecular formula is C19H31O3Te+. The van der Waals surface area contributed by atoms with Crippen LogP contribution in [0.2, 0.25) is 13.4 Å². The van der Waals surface area contributed by atoms with Crippen LogP contribution in [0.15, 0.2) is 30.3 Å². The van der Waals surface area contributed by atoms with Crippen molar-refractivity contribution in [2.45, 2.75) is 66.0 Å². The van der Waals surface area contributed by atoms with E-state index in [9.17, 15) is 4.79 Å². The number of hydrogen-bond donors (Lipinski definition) is 0. The number of rotatable bonds is 10. The van der Waals surface area contributed by atoms with E-state index in [-0.39, 0.29) is 11.6 Å². The van der Waals surface area contributed by atoms with Crippen molar-refractivity contribution in [3.8, 4) is 5.75 Å². The Morgan fingerprint density at radius 2 is 1.74 bits per heavy atom. The van der Waals surface area contributed by atoms with Crippen LogP contribution in [0.3, 0.4) is 0 Å². The van der Waals surface area contributed by atoms with E-state index in [1.807, 2.05) is 51.1 Å². The molecule has 0 aromatic heterocycles. The van der Waals surface area contributed by atoms with E-state index in [0.717, 1.165) is 18.8 Å². The molecule has 0 amide bonds. The van der Waals surface area contributed by atoms with Gasteiger partial charge >= 0.3 is 148 Å². The van der Waals surface area contributed by atoms with Gasteiger partial charge in [-0.25, -0.2) is 0 Å². The van der Waals surface area contributed by atoms with Crippen molar-refractivity contribution >= 4 is 25.5 Å². The zero-order valence-electron chi connectivity index (χ0n) is 15.0. The Labute approximate surface area is 148 Å². The molecule has 1 aromatic rings. The average Bonchev–Trinajstić information content (AvgIpc) is 2.48. The molecule has 0 aliphatic carbocycles. The summed E-state index contributed by atoms with van der Waals surface area (Å²) in [6.07, 6.45) is 3.48. The first-order valence-electron chi connectivity index (χ1n) is 8.44. The van der Waals surface area contributed by atoms with Gasteiger partial charge in [0, 0.05) is 0 Å². The number of para-hydroxylation sites is 1. The van der Waals surface area contributed by atoms with Crippen molar-refractivity contribution in [1.29, 1.82) is 0 Å². The van der Waals surface area contributed by atoms with E-state index >= 15 is 0 Å². The van der Waals surface area contributed by atoms with Crippen molar-refractivity contribution < 1.29 is 14.3 Å². The first-order valence-corrected chi connectivity index (χ1v) is 13.4. The summed E-state index contributed by atoms with van der Waals surface area (Å²) in [4.78, 5) is 12.1. The summed E-state index contributed by atoms with van der Waals surface area (Å²) in [5.74, 6) is 0.921. The van der Waals surface area contributed by atoms with Gasteiger partial charge in [0.2, 0.25) is 0 Å². The van der Waals surface area contributed by atoms with Crippen molar-refractivity contribution in [3.05, 3.63) is 30.3 Å². The van der Waals surface area contributed by atoms with Crippen molar-refractivity contribution in [2.75, 3.05) is 6.61 Å². The Morgan fingerprint density at radius 1 is 1.09 bits per heavy atom. The second-order valence-electron chi connectivity index (χ2n) is 6.62. The predicted octanol–water partition coefficient (Wildman–Crippen LogP) is 5.09. The molecule has 0 unspecified atom stereocenters. The summed E-state index contributed by atoms with van der Waals surface area (Å²) < 4.78 is 14.4. The Balaban J connectivity index is 2.34. The molecule has 0 N–H and O–H groups in total. The van der Waals surface area contributed by atoms with E-state index in [1.54, 1.807) is 0 Å². The summed E-state index contributed by atoms with van der Waals surface area (Å²) in [7, 11) is 0. The van der Waals surface area contributed by atoms with Gasteiger partial charge in [0.15, 0.2) is 0 Å². The van der Waals surface area contributed by atoms with Gasteiger partial charge in [-0.1, -0.05) is 0 Å². The number of esters is 1. The third-order valence-corrected chi connectivity index (χ3v) is 9.90. The van der Waals surface area contributed by atoms with Crippen molar-refractivity contribution in [3.63, 3.8) is 0 Å². The van der Waals surface area contributed by atoms with Crippen LogP contribution in [-0.4, -0.2) is 37.7 Å². The Bertz CT molecular complexity index is 440. The normalized spacial score (nSPS) is 11.5. The molecule has 0 saturated carbocycles. The van der Waals surface area contributed by atoms with Gasteiger partial charge in [0.25, 0.3) is 0 Å². The molecule has 4 heteroatoms. The second-order valence-corrected chi connectivity index (χ2v) is 13.3. The summed E-state index contributed by atoms with van der Waals surface area (Å²) in [5.41, 5.74) is -0.373. The molecule has 3 nitrogen and oxygen atoms in total. The molecule has 1 aromatic carbocycles. The number of benzene rings is 1. The zero-order valence-corrected chi connectivity index (χ0v) is 17.3. The summed E-state index contributed by atoms with van der Waals surface area (Å²) in [6.45, 7) is 8.75. The van der Waals surface area contributed by atoms with Gasteiger partial charge < -0.3 is 0 Å². The number of carbonyl (C=O) groups is 1. The standard InChI is InChI=1S/C19H31O3Te/c1-5-6-14-23(16-18(20)22-19(2,3)4)15-10-13-21-17-11-8-7-9-12-17/h7-9,11-12H,5-6,10,13-16H2,1-4H3/q+1. The van der Waals surface area contributed by atoms with Gasteiger partial charge in [-0.2, -0.15) is 0 Å². The molecule has 0 saturated heterocycles. The van der Waals surface area contributed by atoms with Crippen LogP contribution in [0.4, 0.5) is 0 Å². The van der Waals surface area contributed by atoms with Crippen molar-refractivity contribution in [1.82, 2.24) is 0 Å². The van der Waals surface area contributed by atoms with E-state index in [1.165, 1.54) is 21.8 Å². The van der Waals surface area contributed by atoms with Gasteiger partial charge in [-0.05, 0) is 0 Å². The van der Waals surface area contributed by atoms with Crippen LogP contribution in [0.5, 0.6) is 5.75 Å².